The van der Waals surface area contributed by atoms with Gasteiger partial charge in [0, 0.05) is 32.2 Å². The molecule has 1 aromatic carbocycles. The number of carbonyl (C=O) groups is 1. The van der Waals surface area contributed by atoms with Gasteiger partial charge in [-0.05, 0) is 63.5 Å². The lowest BCUT2D eigenvalue weighted by Gasteiger charge is -2.17. The molecule has 0 aromatic heterocycles. The molecular formula is C32H45N2O6P. The van der Waals surface area contributed by atoms with Crippen molar-refractivity contribution in [2.24, 2.45) is 0 Å². The van der Waals surface area contributed by atoms with Gasteiger partial charge in [-0.2, -0.15) is 0 Å². The maximum absolute atomic E-state index is 12.8. The van der Waals surface area contributed by atoms with Crippen LogP contribution >= 0.6 is 7.60 Å². The maximum Gasteiger partial charge on any atom is 0.378 e. The predicted molar refractivity (Wildman–Crippen MR) is 168 cm³/mol. The van der Waals surface area contributed by atoms with Gasteiger partial charge in [0.15, 0.2) is 0 Å². The van der Waals surface area contributed by atoms with E-state index in [2.05, 4.69) is 73.0 Å². The van der Waals surface area contributed by atoms with Crippen LogP contribution in [-0.4, -0.2) is 30.6 Å². The Balaban J connectivity index is 2.10. The van der Waals surface area contributed by atoms with Crippen LogP contribution in [0, 0.1) is 10.1 Å². The molecule has 41 heavy (non-hydrogen) atoms. The number of hydrogen-bond acceptors (Lipinski definition) is 6. The fourth-order valence-corrected chi connectivity index (χ4v) is 4.74. The normalized spacial score (nSPS) is 13.8. The summed E-state index contributed by atoms with van der Waals surface area (Å²) in [6, 6.07) is 5.29. The quantitative estimate of drug-likeness (QED) is 0.0480. The van der Waals surface area contributed by atoms with E-state index in [1.54, 1.807) is 0 Å². The minimum atomic E-state index is -3.43. The Kier molecular flexibility index (Phi) is 20.2. The standard InChI is InChI=1S/C32H45N2O6P/c1-3-4-5-6-7-8-9-10-11-12-13-14-15-16-17-18-19-20-21-23-32(35)33-28-22-29-41(38,39-2)40-31-26-24-30(25-27-31)34(36)37/h4-5,7-8,10-11,13-14,16-17,19-20,24-27H,3,6,9,12,15,18,21-23,28-29H2,1-2H3,(H,33,35)/b5-4-,8-7-,11-10-,14-13-,17-16-,20-19-. The molecule has 1 aromatic rings. The number of amides is 1. The Labute approximate surface area is 245 Å². The molecule has 0 fully saturated rings. The molecule has 0 aliphatic carbocycles. The van der Waals surface area contributed by atoms with Gasteiger partial charge < -0.3 is 14.4 Å². The number of nitro benzene ring substituents is 1. The zero-order valence-electron chi connectivity index (χ0n) is 24.4. The first-order valence-corrected chi connectivity index (χ1v) is 15.9. The van der Waals surface area contributed by atoms with Crippen molar-refractivity contribution >= 4 is 19.2 Å². The molecule has 1 N–H and O–H groups in total. The molecule has 0 aliphatic rings. The van der Waals surface area contributed by atoms with Crippen molar-refractivity contribution < 1.29 is 23.3 Å². The number of benzene rings is 1. The summed E-state index contributed by atoms with van der Waals surface area (Å²) in [6.07, 6.45) is 33.0. The minimum Gasteiger partial charge on any atom is -0.424 e. The van der Waals surface area contributed by atoms with Gasteiger partial charge in [0.2, 0.25) is 5.91 Å². The molecular weight excluding hydrogens is 539 g/mol. The van der Waals surface area contributed by atoms with Crippen molar-refractivity contribution in [1.29, 1.82) is 0 Å². The van der Waals surface area contributed by atoms with E-state index in [0.29, 0.717) is 25.8 Å². The van der Waals surface area contributed by atoms with Crippen LogP contribution < -0.4 is 9.84 Å². The van der Waals surface area contributed by atoms with Crippen LogP contribution in [0.25, 0.3) is 0 Å². The average molecular weight is 585 g/mol. The largest absolute Gasteiger partial charge is 0.424 e. The Morgan fingerprint density at radius 1 is 0.854 bits per heavy atom. The summed E-state index contributed by atoms with van der Waals surface area (Å²) in [4.78, 5) is 22.3. The van der Waals surface area contributed by atoms with E-state index < -0.39 is 12.5 Å². The third kappa shape index (κ3) is 19.3. The molecule has 0 heterocycles. The molecule has 0 aliphatic heterocycles. The zero-order valence-corrected chi connectivity index (χ0v) is 25.3. The highest BCUT2D eigenvalue weighted by Gasteiger charge is 2.24. The van der Waals surface area contributed by atoms with Crippen LogP contribution in [0.4, 0.5) is 5.69 Å². The molecule has 1 rings (SSSR count). The molecule has 8 nitrogen and oxygen atoms in total. The van der Waals surface area contributed by atoms with Crippen molar-refractivity contribution in [2.45, 2.75) is 64.7 Å². The minimum absolute atomic E-state index is 0.0759. The lowest BCUT2D eigenvalue weighted by atomic mass is 10.2. The smallest absolute Gasteiger partial charge is 0.378 e. The Hall–Kier alpha value is -3.48. The number of nitrogens with zero attached hydrogens (tertiary/aromatic N) is 1. The molecule has 0 saturated heterocycles. The van der Waals surface area contributed by atoms with Gasteiger partial charge in [-0.3, -0.25) is 14.9 Å². The summed E-state index contributed by atoms with van der Waals surface area (Å²) in [5, 5.41) is 13.6. The van der Waals surface area contributed by atoms with Crippen molar-refractivity contribution in [2.75, 3.05) is 19.8 Å². The SMILES string of the molecule is CC/C=C\C/C=C\C/C=C\C/C=C\C/C=C\C/C=C\CCC(=O)NCCCP(=O)(OC)Oc1ccc([N+](=O)[O-])cc1. The van der Waals surface area contributed by atoms with E-state index in [1.165, 1.54) is 31.4 Å². The topological polar surface area (TPSA) is 108 Å². The zero-order chi connectivity index (χ0) is 30.0. The van der Waals surface area contributed by atoms with Crippen molar-refractivity contribution in [3.63, 3.8) is 0 Å². The van der Waals surface area contributed by atoms with Gasteiger partial charge in [0.1, 0.15) is 5.75 Å². The Morgan fingerprint density at radius 2 is 1.34 bits per heavy atom. The fraction of sp³-hybridized carbons (Fsp3) is 0.406. The molecule has 0 spiro atoms. The summed E-state index contributed by atoms with van der Waals surface area (Å²) in [7, 11) is -2.14. The Bertz CT molecular complexity index is 1100. The van der Waals surface area contributed by atoms with Crippen molar-refractivity contribution in [3.05, 3.63) is 107 Å². The second-order valence-corrected chi connectivity index (χ2v) is 11.2. The summed E-state index contributed by atoms with van der Waals surface area (Å²) >= 11 is 0. The lowest BCUT2D eigenvalue weighted by molar-refractivity contribution is -0.384. The third-order valence-electron chi connectivity index (χ3n) is 5.64. The van der Waals surface area contributed by atoms with Crippen LogP contribution in [0.2, 0.25) is 0 Å². The summed E-state index contributed by atoms with van der Waals surface area (Å²) in [5.74, 6) is 0.147. The molecule has 224 valence electrons. The second kappa shape index (κ2) is 23.2. The van der Waals surface area contributed by atoms with E-state index in [-0.39, 0.29) is 23.5 Å². The number of hydrogen-bond donors (Lipinski definition) is 1. The number of carbonyl (C=O) groups excluding carboxylic acids is 1. The van der Waals surface area contributed by atoms with Gasteiger partial charge in [-0.15, -0.1) is 0 Å². The van der Waals surface area contributed by atoms with E-state index in [0.717, 1.165) is 38.5 Å². The van der Waals surface area contributed by atoms with Crippen LogP contribution in [0.1, 0.15) is 64.7 Å². The van der Waals surface area contributed by atoms with Gasteiger partial charge in [0.05, 0.1) is 11.1 Å². The van der Waals surface area contributed by atoms with E-state index in [9.17, 15) is 19.5 Å². The molecule has 1 unspecified atom stereocenters. The number of nitro groups is 1. The fourth-order valence-electron chi connectivity index (χ4n) is 3.41. The third-order valence-corrected chi connectivity index (χ3v) is 7.55. The molecule has 0 radical (unpaired) electrons. The second-order valence-electron chi connectivity index (χ2n) is 9.02. The van der Waals surface area contributed by atoms with Crippen LogP contribution in [0.5, 0.6) is 5.75 Å². The van der Waals surface area contributed by atoms with E-state index >= 15 is 0 Å². The number of nitrogens with one attached hydrogen (secondary N) is 1. The van der Waals surface area contributed by atoms with Crippen molar-refractivity contribution in [3.8, 4) is 5.75 Å². The van der Waals surface area contributed by atoms with E-state index in [4.69, 9.17) is 9.05 Å². The van der Waals surface area contributed by atoms with Gasteiger partial charge in [-0.25, -0.2) is 4.57 Å². The monoisotopic (exact) mass is 584 g/mol. The van der Waals surface area contributed by atoms with E-state index in [1.807, 2.05) is 12.2 Å². The first kappa shape index (κ1) is 35.5. The molecule has 0 saturated carbocycles. The van der Waals surface area contributed by atoms with Gasteiger partial charge in [-0.1, -0.05) is 79.8 Å². The van der Waals surface area contributed by atoms with Crippen LogP contribution in [0.3, 0.4) is 0 Å². The first-order chi connectivity index (χ1) is 19.9. The molecule has 9 heteroatoms. The lowest BCUT2D eigenvalue weighted by Crippen LogP contribution is -2.24. The molecule has 1 amide bonds. The van der Waals surface area contributed by atoms with Gasteiger partial charge in [0.25, 0.3) is 5.69 Å². The summed E-state index contributed by atoms with van der Waals surface area (Å²) in [6.45, 7) is 2.49. The molecule has 1 atom stereocenters. The maximum atomic E-state index is 12.8. The number of allylic oxidation sites excluding steroid dienone is 12. The summed E-state index contributed by atoms with van der Waals surface area (Å²) < 4.78 is 23.3. The average Bonchev–Trinajstić information content (AvgIpc) is 2.97. The number of rotatable bonds is 22. The molecule has 0 bridgehead atoms. The van der Waals surface area contributed by atoms with Crippen LogP contribution in [-0.2, 0) is 13.9 Å². The summed E-state index contributed by atoms with van der Waals surface area (Å²) in [5.41, 5.74) is -0.0867. The Morgan fingerprint density at radius 3 is 1.80 bits per heavy atom. The highest BCUT2D eigenvalue weighted by Crippen LogP contribution is 2.48. The first-order valence-electron chi connectivity index (χ1n) is 14.2. The predicted octanol–water partition coefficient (Wildman–Crippen LogP) is 8.80. The highest BCUT2D eigenvalue weighted by atomic mass is 31.2. The van der Waals surface area contributed by atoms with Crippen LogP contribution in [0.15, 0.2) is 97.2 Å². The van der Waals surface area contributed by atoms with Crippen molar-refractivity contribution in [1.82, 2.24) is 5.32 Å². The highest BCUT2D eigenvalue weighted by molar-refractivity contribution is 7.54. The van der Waals surface area contributed by atoms with Gasteiger partial charge >= 0.3 is 7.60 Å². The number of non-ortho nitro benzene ring substituents is 1.